The van der Waals surface area contributed by atoms with Gasteiger partial charge in [-0.3, -0.25) is 0 Å². The van der Waals surface area contributed by atoms with Gasteiger partial charge in [0.15, 0.2) is 5.11 Å². The van der Waals surface area contributed by atoms with Crippen LogP contribution in [-0.4, -0.2) is 48.2 Å². The van der Waals surface area contributed by atoms with Crippen LogP contribution in [0.25, 0.3) is 6.08 Å². The molecule has 0 unspecified atom stereocenters. The topological polar surface area (TPSA) is 27.7 Å². The van der Waals surface area contributed by atoms with Crippen molar-refractivity contribution in [2.45, 2.75) is 0 Å². The van der Waals surface area contributed by atoms with Crippen LogP contribution in [0.3, 0.4) is 0 Å². The van der Waals surface area contributed by atoms with Gasteiger partial charge in [0, 0.05) is 26.2 Å². The van der Waals surface area contributed by atoms with E-state index in [-0.39, 0.29) is 0 Å². The molecule has 130 valence electrons. The number of benzene rings is 2. The molecule has 0 aromatic heterocycles. The fourth-order valence-electron chi connectivity index (χ4n) is 2.77. The summed E-state index contributed by atoms with van der Waals surface area (Å²) < 4.78 is 5.37. The van der Waals surface area contributed by atoms with Gasteiger partial charge in [0.2, 0.25) is 0 Å². The number of thiocarbonyl (C=S) groups is 1. The van der Waals surface area contributed by atoms with Crippen molar-refractivity contribution in [1.29, 1.82) is 0 Å². The van der Waals surface area contributed by atoms with Gasteiger partial charge in [-0.1, -0.05) is 42.5 Å². The van der Waals surface area contributed by atoms with Crippen LogP contribution in [0.2, 0.25) is 0 Å². The molecule has 4 nitrogen and oxygen atoms in total. The van der Waals surface area contributed by atoms with Crippen molar-refractivity contribution in [2.24, 2.45) is 0 Å². The first-order valence-corrected chi connectivity index (χ1v) is 8.83. The third-order valence-corrected chi connectivity index (χ3v) is 4.59. The summed E-state index contributed by atoms with van der Waals surface area (Å²) in [5.74, 6) is 0.800. The van der Waals surface area contributed by atoms with Crippen LogP contribution in [-0.2, 0) is 0 Å². The van der Waals surface area contributed by atoms with Crippen LogP contribution >= 0.6 is 12.2 Å². The zero-order valence-electron chi connectivity index (χ0n) is 14.4. The van der Waals surface area contributed by atoms with E-state index in [1.807, 2.05) is 30.3 Å². The molecule has 0 amide bonds. The molecule has 1 aliphatic heterocycles. The standard InChI is InChI=1S/C20H23N3OS/c1-24-19-10-6-5-9-18(19)21-20(25)23-15-13-22(14-16-23)12-11-17-7-3-2-4-8-17/h2-12H,13-16H2,1H3,(H,21,25). The van der Waals surface area contributed by atoms with Crippen molar-refractivity contribution in [3.8, 4) is 5.75 Å². The van der Waals surface area contributed by atoms with Gasteiger partial charge in [0.1, 0.15) is 5.75 Å². The Hall–Kier alpha value is -2.53. The third-order valence-electron chi connectivity index (χ3n) is 4.23. The van der Waals surface area contributed by atoms with Gasteiger partial charge in [-0.05, 0) is 42.2 Å². The number of nitrogens with one attached hydrogen (secondary N) is 1. The second-order valence-electron chi connectivity index (χ2n) is 5.88. The fraction of sp³-hybridized carbons (Fsp3) is 0.250. The minimum atomic E-state index is 0.746. The van der Waals surface area contributed by atoms with Gasteiger partial charge in [-0.15, -0.1) is 0 Å². The summed E-state index contributed by atoms with van der Waals surface area (Å²) in [4.78, 5) is 4.53. The molecule has 2 aromatic rings. The van der Waals surface area contributed by atoms with Crippen molar-refractivity contribution in [3.63, 3.8) is 0 Å². The minimum absolute atomic E-state index is 0.746. The third kappa shape index (κ3) is 4.73. The Bertz CT molecular complexity index is 725. The summed E-state index contributed by atoms with van der Waals surface area (Å²) in [6, 6.07) is 18.2. The molecule has 1 N–H and O–H groups in total. The van der Waals surface area contributed by atoms with Crippen LogP contribution in [0, 0.1) is 0 Å². The van der Waals surface area contributed by atoms with E-state index in [4.69, 9.17) is 17.0 Å². The maximum absolute atomic E-state index is 5.57. The highest BCUT2D eigenvalue weighted by Gasteiger charge is 2.17. The molecule has 0 spiro atoms. The van der Waals surface area contributed by atoms with Gasteiger partial charge in [0.05, 0.1) is 12.8 Å². The Kier molecular flexibility index (Phi) is 5.90. The van der Waals surface area contributed by atoms with Crippen molar-refractivity contribution in [2.75, 3.05) is 38.6 Å². The smallest absolute Gasteiger partial charge is 0.173 e. The average Bonchev–Trinajstić information content (AvgIpc) is 2.68. The van der Waals surface area contributed by atoms with Crippen LogP contribution in [0.4, 0.5) is 5.69 Å². The Labute approximate surface area is 154 Å². The van der Waals surface area contributed by atoms with E-state index in [2.05, 4.69) is 51.7 Å². The maximum Gasteiger partial charge on any atom is 0.173 e. The molecule has 3 rings (SSSR count). The number of anilines is 1. The number of rotatable bonds is 4. The summed E-state index contributed by atoms with van der Waals surface area (Å²) in [5.41, 5.74) is 2.12. The van der Waals surface area contributed by atoms with Gasteiger partial charge >= 0.3 is 0 Å². The maximum atomic E-state index is 5.57. The lowest BCUT2D eigenvalue weighted by Gasteiger charge is -2.35. The molecule has 0 bridgehead atoms. The number of methoxy groups -OCH3 is 1. The van der Waals surface area contributed by atoms with E-state index >= 15 is 0 Å². The zero-order valence-corrected chi connectivity index (χ0v) is 15.2. The summed E-state index contributed by atoms with van der Waals surface area (Å²) in [6.07, 6.45) is 4.32. The second kappa shape index (κ2) is 8.53. The highest BCUT2D eigenvalue weighted by atomic mass is 32.1. The first-order chi connectivity index (χ1) is 12.3. The summed E-state index contributed by atoms with van der Waals surface area (Å²) in [6.45, 7) is 3.72. The number of ether oxygens (including phenoxy) is 1. The fourth-order valence-corrected chi connectivity index (χ4v) is 3.06. The van der Waals surface area contributed by atoms with Gasteiger partial charge < -0.3 is 19.9 Å². The predicted molar refractivity (Wildman–Crippen MR) is 108 cm³/mol. The zero-order chi connectivity index (χ0) is 17.5. The molecule has 2 aromatic carbocycles. The lowest BCUT2D eigenvalue weighted by atomic mass is 10.2. The molecule has 1 saturated heterocycles. The van der Waals surface area contributed by atoms with Crippen molar-refractivity contribution in [3.05, 3.63) is 66.4 Å². The highest BCUT2D eigenvalue weighted by Crippen LogP contribution is 2.23. The number of piperazine rings is 1. The number of hydrogen-bond donors (Lipinski definition) is 1. The lowest BCUT2D eigenvalue weighted by Crippen LogP contribution is -2.48. The Morgan fingerprint density at radius 3 is 2.40 bits per heavy atom. The summed E-state index contributed by atoms with van der Waals surface area (Å²) in [7, 11) is 1.67. The average molecular weight is 353 g/mol. The number of para-hydroxylation sites is 2. The summed E-state index contributed by atoms with van der Waals surface area (Å²) >= 11 is 5.57. The molecule has 0 atom stereocenters. The molecule has 1 fully saturated rings. The molecule has 0 radical (unpaired) electrons. The van der Waals surface area contributed by atoms with Crippen molar-refractivity contribution < 1.29 is 4.74 Å². The van der Waals surface area contributed by atoms with Crippen molar-refractivity contribution >= 4 is 29.1 Å². The SMILES string of the molecule is COc1ccccc1NC(=S)N1CCN(C=Cc2ccccc2)CC1. The van der Waals surface area contributed by atoms with Gasteiger partial charge in [-0.2, -0.15) is 0 Å². The van der Waals surface area contributed by atoms with Crippen molar-refractivity contribution in [1.82, 2.24) is 9.80 Å². The molecule has 1 aliphatic rings. The van der Waals surface area contributed by atoms with E-state index < -0.39 is 0 Å². The lowest BCUT2D eigenvalue weighted by molar-refractivity contribution is 0.241. The Morgan fingerprint density at radius 1 is 1.00 bits per heavy atom. The van der Waals surface area contributed by atoms with E-state index in [0.717, 1.165) is 42.7 Å². The van der Waals surface area contributed by atoms with Gasteiger partial charge in [0.25, 0.3) is 0 Å². The summed E-state index contributed by atoms with van der Waals surface area (Å²) in [5, 5.41) is 4.05. The Balaban J connectivity index is 1.51. The van der Waals surface area contributed by atoms with Crippen LogP contribution in [0.1, 0.15) is 5.56 Å². The molecule has 0 saturated carbocycles. The molecular formula is C20H23N3OS. The monoisotopic (exact) mass is 353 g/mol. The van der Waals surface area contributed by atoms with Crippen LogP contribution < -0.4 is 10.1 Å². The molecule has 0 aliphatic carbocycles. The quantitative estimate of drug-likeness (QED) is 0.847. The normalized spacial score (nSPS) is 14.6. The molecule has 1 heterocycles. The second-order valence-corrected chi connectivity index (χ2v) is 6.27. The molecule has 5 heteroatoms. The van der Waals surface area contributed by atoms with E-state index in [1.54, 1.807) is 7.11 Å². The highest BCUT2D eigenvalue weighted by molar-refractivity contribution is 7.80. The predicted octanol–water partition coefficient (Wildman–Crippen LogP) is 3.68. The van der Waals surface area contributed by atoms with Crippen LogP contribution in [0.5, 0.6) is 5.75 Å². The largest absolute Gasteiger partial charge is 0.495 e. The molecular weight excluding hydrogens is 330 g/mol. The van der Waals surface area contributed by atoms with Crippen LogP contribution in [0.15, 0.2) is 60.8 Å². The number of hydrogen-bond acceptors (Lipinski definition) is 3. The number of nitrogens with zero attached hydrogens (tertiary/aromatic N) is 2. The molecule has 25 heavy (non-hydrogen) atoms. The first kappa shape index (κ1) is 17.3. The minimum Gasteiger partial charge on any atom is -0.495 e. The van der Waals surface area contributed by atoms with E-state index in [9.17, 15) is 0 Å². The Morgan fingerprint density at radius 2 is 1.68 bits per heavy atom. The van der Waals surface area contributed by atoms with E-state index in [1.165, 1.54) is 5.56 Å². The first-order valence-electron chi connectivity index (χ1n) is 8.42. The van der Waals surface area contributed by atoms with E-state index in [0.29, 0.717) is 0 Å². The van der Waals surface area contributed by atoms with Gasteiger partial charge in [-0.25, -0.2) is 0 Å².